The molecule has 96 valence electrons. The highest BCUT2D eigenvalue weighted by Crippen LogP contribution is 2.25. The summed E-state index contributed by atoms with van der Waals surface area (Å²) in [5.74, 6) is 0.424. The van der Waals surface area contributed by atoms with E-state index in [4.69, 9.17) is 9.84 Å². The molecule has 1 heterocycles. The van der Waals surface area contributed by atoms with Crippen LogP contribution in [0.2, 0.25) is 0 Å². The predicted octanol–water partition coefficient (Wildman–Crippen LogP) is 3.28. The molecule has 0 atom stereocenters. The quantitative estimate of drug-likeness (QED) is 0.852. The van der Waals surface area contributed by atoms with Crippen LogP contribution >= 0.6 is 0 Å². The predicted molar refractivity (Wildman–Crippen MR) is 72.2 cm³/mol. The maximum absolute atomic E-state index is 10.4. The fraction of sp³-hybridized carbons (Fsp3) is 0.0667. The molecule has 0 radical (unpaired) electrons. The lowest BCUT2D eigenvalue weighted by atomic mass is 10.1. The molecule has 0 unspecified atom stereocenters. The largest absolute Gasteiger partial charge is 0.478 e. The monoisotopic (exact) mass is 255 g/mol. The van der Waals surface area contributed by atoms with Crippen molar-refractivity contribution in [1.82, 2.24) is 4.98 Å². The van der Waals surface area contributed by atoms with Gasteiger partial charge in [-0.1, -0.05) is 6.07 Å². The summed E-state index contributed by atoms with van der Waals surface area (Å²) in [6, 6.07) is 9.10. The van der Waals surface area contributed by atoms with Gasteiger partial charge in [0.25, 0.3) is 0 Å². The number of ether oxygens (including phenoxy) is 1. The van der Waals surface area contributed by atoms with Gasteiger partial charge in [0.15, 0.2) is 0 Å². The molecule has 0 aliphatic heterocycles. The van der Waals surface area contributed by atoms with E-state index in [9.17, 15) is 4.79 Å². The van der Waals surface area contributed by atoms with Crippen molar-refractivity contribution in [2.24, 2.45) is 0 Å². The van der Waals surface area contributed by atoms with Gasteiger partial charge in [-0.3, -0.25) is 4.98 Å². The van der Waals surface area contributed by atoms with Crippen molar-refractivity contribution in [3.05, 3.63) is 59.9 Å². The molecule has 0 amide bonds. The zero-order valence-electron chi connectivity index (χ0n) is 10.4. The van der Waals surface area contributed by atoms with Crippen molar-refractivity contribution in [2.45, 2.75) is 6.92 Å². The van der Waals surface area contributed by atoms with Crippen LogP contribution in [0.1, 0.15) is 11.1 Å². The van der Waals surface area contributed by atoms with Gasteiger partial charge in [-0.25, -0.2) is 4.79 Å². The van der Waals surface area contributed by atoms with Gasteiger partial charge in [-0.05, 0) is 48.4 Å². The zero-order chi connectivity index (χ0) is 13.7. The Balaban J connectivity index is 2.18. The van der Waals surface area contributed by atoms with Gasteiger partial charge in [-0.15, -0.1) is 0 Å². The van der Waals surface area contributed by atoms with E-state index in [1.54, 1.807) is 30.6 Å². The molecular formula is C15H13NO3. The van der Waals surface area contributed by atoms with Crippen LogP contribution < -0.4 is 4.74 Å². The number of hydrogen-bond acceptors (Lipinski definition) is 3. The highest BCUT2D eigenvalue weighted by molar-refractivity contribution is 5.85. The second-order valence-corrected chi connectivity index (χ2v) is 3.99. The Kier molecular flexibility index (Phi) is 3.93. The van der Waals surface area contributed by atoms with Gasteiger partial charge in [-0.2, -0.15) is 0 Å². The van der Waals surface area contributed by atoms with Gasteiger partial charge in [0.1, 0.15) is 11.5 Å². The van der Waals surface area contributed by atoms with E-state index in [2.05, 4.69) is 4.98 Å². The van der Waals surface area contributed by atoms with E-state index in [-0.39, 0.29) is 0 Å². The fourth-order valence-corrected chi connectivity index (χ4v) is 1.59. The minimum Gasteiger partial charge on any atom is -0.478 e. The van der Waals surface area contributed by atoms with Crippen molar-refractivity contribution in [2.75, 3.05) is 0 Å². The second kappa shape index (κ2) is 5.82. The number of pyridine rings is 1. The number of nitrogens with zero attached hydrogens (tertiary/aromatic N) is 1. The molecule has 2 rings (SSSR count). The number of rotatable bonds is 4. The summed E-state index contributed by atoms with van der Waals surface area (Å²) >= 11 is 0. The first-order valence-electron chi connectivity index (χ1n) is 5.75. The van der Waals surface area contributed by atoms with E-state index in [1.807, 2.05) is 25.1 Å². The van der Waals surface area contributed by atoms with Crippen LogP contribution in [-0.4, -0.2) is 16.1 Å². The minimum absolute atomic E-state index is 0.666. The van der Waals surface area contributed by atoms with Gasteiger partial charge in [0.05, 0.1) is 6.20 Å². The number of aromatic nitrogens is 1. The Labute approximate surface area is 111 Å². The van der Waals surface area contributed by atoms with Crippen molar-refractivity contribution in [3.63, 3.8) is 0 Å². The van der Waals surface area contributed by atoms with Crippen LogP contribution in [0.3, 0.4) is 0 Å². The van der Waals surface area contributed by atoms with E-state index >= 15 is 0 Å². The van der Waals surface area contributed by atoms with Crippen molar-refractivity contribution in [1.29, 1.82) is 0 Å². The lowest BCUT2D eigenvalue weighted by molar-refractivity contribution is -0.131. The number of benzene rings is 1. The van der Waals surface area contributed by atoms with E-state index in [0.717, 1.165) is 23.0 Å². The molecular weight excluding hydrogens is 242 g/mol. The first-order valence-corrected chi connectivity index (χ1v) is 5.75. The first kappa shape index (κ1) is 12.8. The average molecular weight is 255 g/mol. The van der Waals surface area contributed by atoms with Crippen molar-refractivity contribution < 1.29 is 14.6 Å². The van der Waals surface area contributed by atoms with Gasteiger partial charge in [0.2, 0.25) is 0 Å². The molecule has 1 aromatic carbocycles. The maximum Gasteiger partial charge on any atom is 0.328 e. The summed E-state index contributed by atoms with van der Waals surface area (Å²) in [7, 11) is 0. The molecule has 0 saturated carbocycles. The Hall–Kier alpha value is -2.62. The summed E-state index contributed by atoms with van der Waals surface area (Å²) in [5.41, 5.74) is 1.75. The number of carboxylic acid groups (broad SMARTS) is 1. The second-order valence-electron chi connectivity index (χ2n) is 3.99. The van der Waals surface area contributed by atoms with Crippen molar-refractivity contribution >= 4 is 12.0 Å². The molecule has 19 heavy (non-hydrogen) atoms. The van der Waals surface area contributed by atoms with E-state index < -0.39 is 5.97 Å². The van der Waals surface area contributed by atoms with Crippen LogP contribution in [0.5, 0.6) is 11.5 Å². The number of aryl methyl sites for hydroxylation is 1. The highest BCUT2D eigenvalue weighted by atomic mass is 16.5. The summed E-state index contributed by atoms with van der Waals surface area (Å²) in [5, 5.41) is 8.58. The molecule has 1 aromatic heterocycles. The van der Waals surface area contributed by atoms with Gasteiger partial charge >= 0.3 is 5.97 Å². The summed E-state index contributed by atoms with van der Waals surface area (Å²) in [4.78, 5) is 14.4. The number of hydrogen-bond donors (Lipinski definition) is 1. The Morgan fingerprint density at radius 3 is 2.84 bits per heavy atom. The summed E-state index contributed by atoms with van der Waals surface area (Å²) in [6.07, 6.45) is 5.97. The first-order chi connectivity index (χ1) is 9.15. The van der Waals surface area contributed by atoms with Crippen LogP contribution in [0, 0.1) is 6.92 Å². The molecule has 4 nitrogen and oxygen atoms in total. The average Bonchev–Trinajstić information content (AvgIpc) is 2.40. The molecule has 0 fully saturated rings. The lowest BCUT2D eigenvalue weighted by Crippen LogP contribution is -1.89. The Morgan fingerprint density at radius 1 is 1.37 bits per heavy atom. The summed E-state index contributed by atoms with van der Waals surface area (Å²) in [6.45, 7) is 1.91. The topological polar surface area (TPSA) is 59.4 Å². The normalized spacial score (nSPS) is 10.6. The third-order valence-electron chi connectivity index (χ3n) is 2.48. The molecule has 2 aromatic rings. The van der Waals surface area contributed by atoms with Crippen LogP contribution in [0.25, 0.3) is 6.08 Å². The standard InChI is InChI=1S/C15H13NO3/c1-11-9-12(5-7-15(17)18)4-6-14(11)19-13-3-2-8-16-10-13/h2-10H,1H3,(H,17,18)/b7-5+. The van der Waals surface area contributed by atoms with Crippen LogP contribution in [-0.2, 0) is 4.79 Å². The molecule has 0 spiro atoms. The number of carbonyl (C=O) groups is 1. The lowest BCUT2D eigenvalue weighted by Gasteiger charge is -2.08. The number of carboxylic acids is 1. The molecule has 0 bridgehead atoms. The molecule has 1 N–H and O–H groups in total. The van der Waals surface area contributed by atoms with Gasteiger partial charge in [0, 0.05) is 12.3 Å². The van der Waals surface area contributed by atoms with Crippen LogP contribution in [0.15, 0.2) is 48.8 Å². The minimum atomic E-state index is -0.965. The Morgan fingerprint density at radius 2 is 2.21 bits per heavy atom. The number of aliphatic carboxylic acids is 1. The molecule has 0 aliphatic rings. The Bertz CT molecular complexity index is 606. The van der Waals surface area contributed by atoms with E-state index in [1.165, 1.54) is 0 Å². The smallest absolute Gasteiger partial charge is 0.328 e. The van der Waals surface area contributed by atoms with Crippen LogP contribution in [0.4, 0.5) is 0 Å². The molecule has 4 heteroatoms. The zero-order valence-corrected chi connectivity index (χ0v) is 10.4. The highest BCUT2D eigenvalue weighted by Gasteiger charge is 2.02. The van der Waals surface area contributed by atoms with Crippen molar-refractivity contribution in [3.8, 4) is 11.5 Å². The molecule has 0 aliphatic carbocycles. The molecule has 0 saturated heterocycles. The van der Waals surface area contributed by atoms with Gasteiger partial charge < -0.3 is 9.84 Å². The summed E-state index contributed by atoms with van der Waals surface area (Å²) < 4.78 is 5.69. The fourth-order valence-electron chi connectivity index (χ4n) is 1.59. The van der Waals surface area contributed by atoms with E-state index in [0.29, 0.717) is 5.75 Å². The third kappa shape index (κ3) is 3.67. The maximum atomic E-state index is 10.4. The SMILES string of the molecule is Cc1cc(/C=C/C(=O)O)ccc1Oc1cccnc1. The third-order valence-corrected chi connectivity index (χ3v) is 2.48.